The zero-order valence-corrected chi connectivity index (χ0v) is 27.7. The van der Waals surface area contributed by atoms with Gasteiger partial charge in [0.1, 0.15) is 30.5 Å². The SMILES string of the molecule is C[C@H]1[C@H]2[C@H](C[C@@]3(C)[C@@H]4CC[C@H]5C(C)(C)[C@@H](OC6OCC(O)C(O)C6O)CC[C@@]56C[C@@]46CC[C@]23C)O[C@@]2(O)[C@@H]1OC(C)(C)[C@H]2O. The molecule has 4 unspecified atom stereocenters. The summed E-state index contributed by atoms with van der Waals surface area (Å²) in [6.07, 6.45) is 2.41. The molecule has 0 aromatic carbocycles. The fourth-order valence-corrected chi connectivity index (χ4v) is 13.9. The van der Waals surface area contributed by atoms with Gasteiger partial charge in [0, 0.05) is 0 Å². The predicted octanol–water partition coefficient (Wildman–Crippen LogP) is 3.12. The highest BCUT2D eigenvalue weighted by molar-refractivity contribution is 5.32. The second kappa shape index (κ2) is 9.00. The number of fused-ring (bicyclic) bond motifs is 5. The minimum absolute atomic E-state index is 0.0448. The topological polar surface area (TPSA) is 138 Å². The van der Waals surface area contributed by atoms with Crippen molar-refractivity contribution in [2.75, 3.05) is 6.61 Å². The van der Waals surface area contributed by atoms with Crippen molar-refractivity contribution in [1.29, 1.82) is 0 Å². The van der Waals surface area contributed by atoms with Crippen molar-refractivity contribution in [3.05, 3.63) is 0 Å². The van der Waals surface area contributed by atoms with Gasteiger partial charge in [0.15, 0.2) is 6.29 Å². The first-order valence-corrected chi connectivity index (χ1v) is 17.5. The number of ether oxygens (including phenoxy) is 4. The van der Waals surface area contributed by atoms with Gasteiger partial charge in [-0.3, -0.25) is 0 Å². The van der Waals surface area contributed by atoms with Crippen molar-refractivity contribution < 1.29 is 44.5 Å². The molecule has 0 aromatic rings. The second-order valence-electron chi connectivity index (χ2n) is 18.3. The van der Waals surface area contributed by atoms with Gasteiger partial charge in [0.2, 0.25) is 5.79 Å². The molecule has 8 aliphatic rings. The van der Waals surface area contributed by atoms with Crippen LogP contribution < -0.4 is 0 Å². The Balaban J connectivity index is 1.06. The monoisotopic (exact) mass is 620 g/mol. The second-order valence-corrected chi connectivity index (χ2v) is 18.3. The Morgan fingerprint density at radius 2 is 1.45 bits per heavy atom. The zero-order valence-electron chi connectivity index (χ0n) is 27.7. The third kappa shape index (κ3) is 3.43. The van der Waals surface area contributed by atoms with Crippen LogP contribution in [0.25, 0.3) is 0 Å². The molecule has 0 radical (unpaired) electrons. The van der Waals surface area contributed by atoms with E-state index in [0.717, 1.165) is 38.5 Å². The number of hydrogen-bond acceptors (Lipinski definition) is 9. The van der Waals surface area contributed by atoms with Gasteiger partial charge in [0.25, 0.3) is 0 Å². The Morgan fingerprint density at radius 1 is 0.773 bits per heavy atom. The van der Waals surface area contributed by atoms with E-state index in [0.29, 0.717) is 17.3 Å². The van der Waals surface area contributed by atoms with Gasteiger partial charge in [-0.1, -0.05) is 34.6 Å². The molecule has 2 spiro atoms. The van der Waals surface area contributed by atoms with Crippen LogP contribution in [0.4, 0.5) is 0 Å². The molecule has 3 aliphatic heterocycles. The minimum atomic E-state index is -1.67. The van der Waals surface area contributed by atoms with Crippen LogP contribution in [0.1, 0.15) is 99.8 Å². The molecule has 17 atom stereocenters. The molecule has 5 N–H and O–H groups in total. The summed E-state index contributed by atoms with van der Waals surface area (Å²) < 4.78 is 25.1. The summed E-state index contributed by atoms with van der Waals surface area (Å²) in [7, 11) is 0. The highest BCUT2D eigenvalue weighted by Gasteiger charge is 2.84. The van der Waals surface area contributed by atoms with Gasteiger partial charge in [-0.05, 0) is 116 Å². The molecule has 9 heteroatoms. The molecule has 8 rings (SSSR count). The maximum Gasteiger partial charge on any atom is 0.222 e. The van der Waals surface area contributed by atoms with Crippen LogP contribution in [-0.2, 0) is 18.9 Å². The highest BCUT2D eigenvalue weighted by atomic mass is 16.7. The van der Waals surface area contributed by atoms with Crippen molar-refractivity contribution in [2.45, 2.75) is 160 Å². The molecule has 8 fully saturated rings. The number of aliphatic hydroxyl groups excluding tert-OH is 4. The molecule has 44 heavy (non-hydrogen) atoms. The number of rotatable bonds is 2. The first-order chi connectivity index (χ1) is 20.4. The lowest BCUT2D eigenvalue weighted by Crippen LogP contribution is -2.63. The Morgan fingerprint density at radius 3 is 2.18 bits per heavy atom. The lowest BCUT2D eigenvalue weighted by Gasteiger charge is -2.63. The van der Waals surface area contributed by atoms with Crippen LogP contribution >= 0.6 is 0 Å². The zero-order chi connectivity index (χ0) is 31.6. The van der Waals surface area contributed by atoms with Crippen molar-refractivity contribution in [1.82, 2.24) is 0 Å². The first kappa shape index (κ1) is 30.9. The minimum Gasteiger partial charge on any atom is -0.388 e. The summed E-state index contributed by atoms with van der Waals surface area (Å²) in [5.74, 6) is -0.258. The fourth-order valence-electron chi connectivity index (χ4n) is 13.9. The van der Waals surface area contributed by atoms with E-state index in [4.69, 9.17) is 18.9 Å². The fraction of sp³-hybridized carbons (Fsp3) is 1.00. The van der Waals surface area contributed by atoms with Gasteiger partial charge in [-0.15, -0.1) is 0 Å². The van der Waals surface area contributed by atoms with E-state index >= 15 is 0 Å². The molecular weight excluding hydrogens is 564 g/mol. The smallest absolute Gasteiger partial charge is 0.222 e. The summed E-state index contributed by atoms with van der Waals surface area (Å²) in [4.78, 5) is 0. The summed E-state index contributed by atoms with van der Waals surface area (Å²) in [6.45, 7) is 15.6. The van der Waals surface area contributed by atoms with E-state index in [1.54, 1.807) is 0 Å². The van der Waals surface area contributed by atoms with Gasteiger partial charge in [0.05, 0.1) is 24.4 Å². The standard InChI is InChI=1S/C35H56O9/c1-17-23-19(43-35(40)26(17)44-30(4,5)28(35)39)14-32(7)21-9-8-20-29(2,3)22(42-27-25(38)24(37)18(36)15-41-27)10-11-33(20)16-34(21,33)13-12-31(23,32)6/h17-28,36-40H,8-16H2,1-7H3/t17-,18?,19-,20-,21-,22-,23-,24?,25?,26+,27?,28+,31+,32-,33+,34-,35-/m0/s1. The molecule has 3 saturated heterocycles. The average Bonchev–Trinajstić information content (AvgIpc) is 3.49. The van der Waals surface area contributed by atoms with E-state index in [1.165, 1.54) is 12.8 Å². The molecular formula is C35H56O9. The maximum atomic E-state index is 11.8. The highest BCUT2D eigenvalue weighted by Crippen LogP contribution is 2.89. The van der Waals surface area contributed by atoms with E-state index in [9.17, 15) is 25.5 Å². The third-order valence-corrected chi connectivity index (χ3v) is 16.1. The molecule has 5 aliphatic carbocycles. The van der Waals surface area contributed by atoms with E-state index in [-0.39, 0.29) is 52.3 Å². The number of aliphatic hydroxyl groups is 5. The predicted molar refractivity (Wildman–Crippen MR) is 159 cm³/mol. The van der Waals surface area contributed by atoms with E-state index < -0.39 is 48.2 Å². The van der Waals surface area contributed by atoms with E-state index in [1.807, 2.05) is 13.8 Å². The van der Waals surface area contributed by atoms with Crippen molar-refractivity contribution in [3.8, 4) is 0 Å². The summed E-state index contributed by atoms with van der Waals surface area (Å²) in [6, 6.07) is 0. The Kier molecular flexibility index (Phi) is 6.33. The molecule has 0 amide bonds. The van der Waals surface area contributed by atoms with Crippen LogP contribution in [0.15, 0.2) is 0 Å². The molecule has 250 valence electrons. The normalized spacial score (nSPS) is 63.3. The molecule has 3 heterocycles. The lowest BCUT2D eigenvalue weighted by molar-refractivity contribution is -0.327. The van der Waals surface area contributed by atoms with Crippen LogP contribution in [0.5, 0.6) is 0 Å². The Hall–Kier alpha value is -0.360. The Bertz CT molecular complexity index is 1210. The van der Waals surface area contributed by atoms with Crippen molar-refractivity contribution in [2.24, 2.45) is 50.7 Å². The Labute approximate surface area is 262 Å². The third-order valence-electron chi connectivity index (χ3n) is 16.1. The van der Waals surface area contributed by atoms with Gasteiger partial charge < -0.3 is 44.5 Å². The summed E-state index contributed by atoms with van der Waals surface area (Å²) in [5.41, 5.74) is -0.280. The van der Waals surface area contributed by atoms with Crippen LogP contribution in [0.2, 0.25) is 0 Å². The van der Waals surface area contributed by atoms with Crippen molar-refractivity contribution >= 4 is 0 Å². The first-order valence-electron chi connectivity index (χ1n) is 17.5. The van der Waals surface area contributed by atoms with Gasteiger partial charge >= 0.3 is 0 Å². The van der Waals surface area contributed by atoms with Gasteiger partial charge in [-0.2, -0.15) is 0 Å². The van der Waals surface area contributed by atoms with Crippen LogP contribution in [-0.4, -0.2) is 92.5 Å². The van der Waals surface area contributed by atoms with Crippen LogP contribution in [0, 0.1) is 50.7 Å². The average molecular weight is 621 g/mol. The van der Waals surface area contributed by atoms with Gasteiger partial charge in [-0.25, -0.2) is 0 Å². The van der Waals surface area contributed by atoms with E-state index in [2.05, 4.69) is 34.6 Å². The number of hydrogen-bond donors (Lipinski definition) is 5. The molecule has 0 aromatic heterocycles. The van der Waals surface area contributed by atoms with Crippen molar-refractivity contribution in [3.63, 3.8) is 0 Å². The maximum absolute atomic E-state index is 11.8. The molecule has 9 nitrogen and oxygen atoms in total. The molecule has 5 saturated carbocycles. The molecule has 0 bridgehead atoms. The summed E-state index contributed by atoms with van der Waals surface area (Å²) >= 11 is 0. The lowest BCUT2D eigenvalue weighted by atomic mass is 9.41. The largest absolute Gasteiger partial charge is 0.388 e. The quantitative estimate of drug-likeness (QED) is 0.295. The van der Waals surface area contributed by atoms with Crippen LogP contribution in [0.3, 0.4) is 0 Å². The summed E-state index contributed by atoms with van der Waals surface area (Å²) in [5, 5.41) is 53.7.